The van der Waals surface area contributed by atoms with E-state index in [4.69, 9.17) is 0 Å². The third-order valence-corrected chi connectivity index (χ3v) is 4.76. The van der Waals surface area contributed by atoms with Gasteiger partial charge in [-0.25, -0.2) is 0 Å². The van der Waals surface area contributed by atoms with Crippen LogP contribution < -0.4 is 5.32 Å². The summed E-state index contributed by atoms with van der Waals surface area (Å²) in [4.78, 5) is 1.38. The van der Waals surface area contributed by atoms with Crippen molar-refractivity contribution in [1.82, 2.24) is 5.32 Å². The molecule has 0 aliphatic rings. The van der Waals surface area contributed by atoms with Gasteiger partial charge in [0.05, 0.1) is 6.04 Å². The Morgan fingerprint density at radius 1 is 0.950 bits per heavy atom. The highest BCUT2D eigenvalue weighted by molar-refractivity contribution is 7.10. The van der Waals surface area contributed by atoms with Crippen LogP contribution in [0.1, 0.15) is 67.1 Å². The molecule has 1 aromatic carbocycles. The van der Waals surface area contributed by atoms with Gasteiger partial charge in [0.15, 0.2) is 0 Å². The van der Waals surface area contributed by atoms with Gasteiger partial charge < -0.3 is 5.32 Å². The Hall–Kier alpha value is -1.12. The van der Waals surface area contributed by atoms with E-state index in [0.29, 0.717) is 17.9 Å². The van der Waals surface area contributed by atoms with Gasteiger partial charge in [-0.3, -0.25) is 0 Å². The van der Waals surface area contributed by atoms with Gasteiger partial charge in [0.25, 0.3) is 0 Å². The van der Waals surface area contributed by atoms with Crippen molar-refractivity contribution in [1.29, 1.82) is 0 Å². The molecule has 2 aromatic rings. The Morgan fingerprint density at radius 3 is 2.20 bits per heavy atom. The van der Waals surface area contributed by atoms with Crippen LogP contribution in [0.2, 0.25) is 0 Å². The van der Waals surface area contributed by atoms with Crippen molar-refractivity contribution >= 4 is 11.3 Å². The first-order chi connectivity index (χ1) is 9.54. The van der Waals surface area contributed by atoms with Crippen LogP contribution in [0.15, 0.2) is 35.7 Å². The van der Waals surface area contributed by atoms with Crippen LogP contribution in [0.4, 0.5) is 0 Å². The zero-order valence-electron chi connectivity index (χ0n) is 13.1. The van der Waals surface area contributed by atoms with Crippen LogP contribution in [-0.4, -0.2) is 7.05 Å². The highest BCUT2D eigenvalue weighted by atomic mass is 32.1. The van der Waals surface area contributed by atoms with Gasteiger partial charge in [-0.15, -0.1) is 11.3 Å². The summed E-state index contributed by atoms with van der Waals surface area (Å²) in [6.07, 6.45) is 0. The third kappa shape index (κ3) is 3.13. The Morgan fingerprint density at radius 2 is 1.70 bits per heavy atom. The maximum atomic E-state index is 3.48. The lowest BCUT2D eigenvalue weighted by Crippen LogP contribution is -2.18. The van der Waals surface area contributed by atoms with Crippen LogP contribution in [0.3, 0.4) is 0 Å². The molecule has 2 heteroatoms. The Balaban J connectivity index is 2.49. The van der Waals surface area contributed by atoms with Gasteiger partial charge in [0.1, 0.15) is 0 Å². The maximum Gasteiger partial charge on any atom is 0.0671 e. The molecule has 20 heavy (non-hydrogen) atoms. The minimum absolute atomic E-state index is 0.300. The summed E-state index contributed by atoms with van der Waals surface area (Å²) < 4.78 is 0. The molecule has 1 nitrogen and oxygen atoms in total. The Kier molecular flexibility index (Phi) is 5.00. The second-order valence-electron chi connectivity index (χ2n) is 5.93. The fraction of sp³-hybridized carbons (Fsp3) is 0.444. The summed E-state index contributed by atoms with van der Waals surface area (Å²) in [5.74, 6) is 1.12. The largest absolute Gasteiger partial charge is 0.309 e. The van der Waals surface area contributed by atoms with E-state index in [-0.39, 0.29) is 0 Å². The number of hydrogen-bond acceptors (Lipinski definition) is 2. The molecule has 0 radical (unpaired) electrons. The topological polar surface area (TPSA) is 12.0 Å². The maximum absolute atomic E-state index is 3.48. The molecule has 0 saturated heterocycles. The van der Waals surface area contributed by atoms with Crippen molar-refractivity contribution in [3.05, 3.63) is 57.3 Å². The quantitative estimate of drug-likeness (QED) is 0.786. The highest BCUT2D eigenvalue weighted by Crippen LogP contribution is 2.33. The molecule has 108 valence electrons. The van der Waals surface area contributed by atoms with Gasteiger partial charge >= 0.3 is 0 Å². The van der Waals surface area contributed by atoms with E-state index in [0.717, 1.165) is 0 Å². The molecule has 0 amide bonds. The molecular weight excluding hydrogens is 262 g/mol. The van der Waals surface area contributed by atoms with Crippen molar-refractivity contribution < 1.29 is 0 Å². The molecule has 2 rings (SSSR count). The zero-order valence-corrected chi connectivity index (χ0v) is 13.9. The SMILES string of the molecule is CNC(c1cccs1)c1ccc(C(C)C)cc1C(C)C. The lowest BCUT2D eigenvalue weighted by Gasteiger charge is -2.22. The average Bonchev–Trinajstić information content (AvgIpc) is 2.93. The smallest absolute Gasteiger partial charge is 0.0671 e. The lowest BCUT2D eigenvalue weighted by molar-refractivity contribution is 0.682. The monoisotopic (exact) mass is 287 g/mol. The predicted octanol–water partition coefficient (Wildman–Crippen LogP) is 5.30. The standard InChI is InChI=1S/C18H25NS/c1-12(2)14-8-9-15(16(11-14)13(3)4)18(19-5)17-7-6-10-20-17/h6-13,18-19H,1-5H3. The van der Waals surface area contributed by atoms with Crippen LogP contribution in [0.25, 0.3) is 0 Å². The van der Waals surface area contributed by atoms with E-state index in [2.05, 4.69) is 68.7 Å². The number of rotatable bonds is 5. The molecule has 0 saturated carbocycles. The van der Waals surface area contributed by atoms with Crippen LogP contribution >= 0.6 is 11.3 Å². The van der Waals surface area contributed by atoms with E-state index >= 15 is 0 Å². The number of nitrogens with one attached hydrogen (secondary N) is 1. The van der Waals surface area contributed by atoms with E-state index in [1.54, 1.807) is 0 Å². The van der Waals surface area contributed by atoms with E-state index < -0.39 is 0 Å². The minimum atomic E-state index is 0.300. The average molecular weight is 287 g/mol. The van der Waals surface area contributed by atoms with Crippen LogP contribution in [0, 0.1) is 0 Å². The van der Waals surface area contributed by atoms with Gasteiger partial charge in [-0.1, -0.05) is 52.0 Å². The van der Waals surface area contributed by atoms with Crippen molar-refractivity contribution in [2.45, 2.75) is 45.6 Å². The molecule has 1 heterocycles. The van der Waals surface area contributed by atoms with Crippen molar-refractivity contribution in [2.75, 3.05) is 7.05 Å². The predicted molar refractivity (Wildman–Crippen MR) is 89.8 cm³/mol. The van der Waals surface area contributed by atoms with Gasteiger partial charge in [0.2, 0.25) is 0 Å². The molecule has 0 bridgehead atoms. The summed E-state index contributed by atoms with van der Waals surface area (Å²) in [7, 11) is 2.05. The fourth-order valence-electron chi connectivity index (χ4n) is 2.62. The first kappa shape index (κ1) is 15.3. The van der Waals surface area contributed by atoms with Gasteiger partial charge in [-0.2, -0.15) is 0 Å². The first-order valence-corrected chi connectivity index (χ1v) is 8.27. The highest BCUT2D eigenvalue weighted by Gasteiger charge is 2.19. The van der Waals surface area contributed by atoms with Gasteiger partial charge in [0, 0.05) is 4.88 Å². The summed E-state index contributed by atoms with van der Waals surface area (Å²) in [5.41, 5.74) is 4.30. The molecule has 0 spiro atoms. The summed E-state index contributed by atoms with van der Waals surface area (Å²) in [5, 5.41) is 5.63. The summed E-state index contributed by atoms with van der Waals surface area (Å²) in [6, 6.07) is 11.6. The minimum Gasteiger partial charge on any atom is -0.309 e. The van der Waals surface area contributed by atoms with E-state index in [1.165, 1.54) is 21.6 Å². The second kappa shape index (κ2) is 6.55. The zero-order chi connectivity index (χ0) is 14.7. The molecule has 1 unspecified atom stereocenters. The Labute approximate surface area is 127 Å². The van der Waals surface area contributed by atoms with E-state index in [1.807, 2.05) is 18.4 Å². The van der Waals surface area contributed by atoms with Crippen LogP contribution in [-0.2, 0) is 0 Å². The molecular formula is C18H25NS. The molecule has 0 aliphatic carbocycles. The lowest BCUT2D eigenvalue weighted by atomic mass is 9.88. The summed E-state index contributed by atoms with van der Waals surface area (Å²) >= 11 is 1.82. The summed E-state index contributed by atoms with van der Waals surface area (Å²) in [6.45, 7) is 9.08. The Bertz CT molecular complexity index is 541. The molecule has 1 atom stereocenters. The van der Waals surface area contributed by atoms with Crippen molar-refractivity contribution in [2.24, 2.45) is 0 Å². The number of thiophene rings is 1. The van der Waals surface area contributed by atoms with Crippen molar-refractivity contribution in [3.8, 4) is 0 Å². The fourth-order valence-corrected chi connectivity index (χ4v) is 3.47. The molecule has 1 N–H and O–H groups in total. The number of hydrogen-bond donors (Lipinski definition) is 1. The molecule has 0 fully saturated rings. The second-order valence-corrected chi connectivity index (χ2v) is 6.91. The van der Waals surface area contributed by atoms with Crippen LogP contribution in [0.5, 0.6) is 0 Å². The van der Waals surface area contributed by atoms with Gasteiger partial charge in [-0.05, 0) is 47.0 Å². The van der Waals surface area contributed by atoms with Crippen molar-refractivity contribution in [3.63, 3.8) is 0 Å². The third-order valence-electron chi connectivity index (χ3n) is 3.83. The molecule has 0 aliphatic heterocycles. The number of benzene rings is 1. The van der Waals surface area contributed by atoms with E-state index in [9.17, 15) is 0 Å². The molecule has 1 aromatic heterocycles. The normalized spacial score (nSPS) is 13.2. The first-order valence-electron chi connectivity index (χ1n) is 7.39.